The van der Waals surface area contributed by atoms with Gasteiger partial charge in [-0.25, -0.2) is 0 Å². The molecule has 1 unspecified atom stereocenters. The molecule has 0 aromatic heterocycles. The molecule has 0 aliphatic carbocycles. The van der Waals surface area contributed by atoms with Crippen molar-refractivity contribution in [2.45, 2.75) is 25.3 Å². The van der Waals surface area contributed by atoms with Crippen LogP contribution in [0.1, 0.15) is 30.0 Å². The second-order valence-electron chi connectivity index (χ2n) is 4.10. The molecule has 0 saturated carbocycles. The van der Waals surface area contributed by atoms with Gasteiger partial charge < -0.3 is 16.2 Å². The third-order valence-corrected chi connectivity index (χ3v) is 2.78. The summed E-state index contributed by atoms with van der Waals surface area (Å²) in [5, 5.41) is 0. The second-order valence-corrected chi connectivity index (χ2v) is 4.10. The number of fused-ring (bicyclic) bond motifs is 1. The Hall–Kier alpha value is -1.55. The molecule has 1 aliphatic heterocycles. The maximum absolute atomic E-state index is 10.8. The molecule has 1 heterocycles. The van der Waals surface area contributed by atoms with Gasteiger partial charge in [-0.1, -0.05) is 12.1 Å². The minimum Gasteiger partial charge on any atom is -0.493 e. The molecule has 1 amide bonds. The van der Waals surface area contributed by atoms with Crippen molar-refractivity contribution in [1.29, 1.82) is 0 Å². The zero-order valence-corrected chi connectivity index (χ0v) is 9.11. The molecule has 0 saturated heterocycles. The number of amides is 1. The largest absolute Gasteiger partial charge is 0.493 e. The Morgan fingerprint density at radius 1 is 1.50 bits per heavy atom. The maximum Gasteiger partial charge on any atom is 0.219 e. The van der Waals surface area contributed by atoms with E-state index in [0.29, 0.717) is 0 Å². The summed E-state index contributed by atoms with van der Waals surface area (Å²) in [6.45, 7) is 0.777. The molecule has 1 atom stereocenters. The first-order valence-electron chi connectivity index (χ1n) is 5.46. The minimum atomic E-state index is -0.374. The average Bonchev–Trinajstić information content (AvgIpc) is 2.27. The van der Waals surface area contributed by atoms with Crippen molar-refractivity contribution >= 4 is 5.91 Å². The van der Waals surface area contributed by atoms with E-state index in [-0.39, 0.29) is 18.4 Å². The lowest BCUT2D eigenvalue weighted by Gasteiger charge is -2.19. The third-order valence-electron chi connectivity index (χ3n) is 2.78. The van der Waals surface area contributed by atoms with Crippen molar-refractivity contribution in [2.75, 3.05) is 6.61 Å². The number of ether oxygens (including phenoxy) is 1. The molecule has 16 heavy (non-hydrogen) atoms. The number of carbonyl (C=O) groups excluding carboxylic acids is 1. The van der Waals surface area contributed by atoms with E-state index in [0.717, 1.165) is 30.8 Å². The Balaban J connectivity index is 2.19. The van der Waals surface area contributed by atoms with Crippen LogP contribution in [0, 0.1) is 0 Å². The van der Waals surface area contributed by atoms with E-state index in [1.165, 1.54) is 5.56 Å². The smallest absolute Gasteiger partial charge is 0.219 e. The van der Waals surface area contributed by atoms with Gasteiger partial charge in [-0.3, -0.25) is 4.79 Å². The molecular formula is C12H16N2O2. The van der Waals surface area contributed by atoms with Crippen LogP contribution in [0.15, 0.2) is 18.2 Å². The lowest BCUT2D eigenvalue weighted by Crippen LogP contribution is -2.21. The summed E-state index contributed by atoms with van der Waals surface area (Å²) in [7, 11) is 0. The number of primary amides is 1. The van der Waals surface area contributed by atoms with Crippen LogP contribution in [0.5, 0.6) is 5.75 Å². The zero-order valence-electron chi connectivity index (χ0n) is 9.11. The van der Waals surface area contributed by atoms with Gasteiger partial charge in [0, 0.05) is 12.5 Å². The summed E-state index contributed by atoms with van der Waals surface area (Å²) < 4.78 is 5.51. The van der Waals surface area contributed by atoms with Gasteiger partial charge in [0.15, 0.2) is 0 Å². The topological polar surface area (TPSA) is 78.3 Å². The van der Waals surface area contributed by atoms with Crippen LogP contribution in [0.25, 0.3) is 0 Å². The van der Waals surface area contributed by atoms with E-state index in [1.54, 1.807) is 0 Å². The predicted octanol–water partition coefficient (Wildman–Crippen LogP) is 0.887. The first kappa shape index (κ1) is 11.0. The summed E-state index contributed by atoms with van der Waals surface area (Å²) in [4.78, 5) is 10.8. The summed E-state index contributed by atoms with van der Waals surface area (Å²) in [6, 6.07) is 5.52. The van der Waals surface area contributed by atoms with E-state index < -0.39 is 0 Å². The molecule has 0 spiro atoms. The van der Waals surface area contributed by atoms with Crippen LogP contribution >= 0.6 is 0 Å². The van der Waals surface area contributed by atoms with E-state index in [9.17, 15) is 4.79 Å². The van der Waals surface area contributed by atoms with Crippen molar-refractivity contribution < 1.29 is 9.53 Å². The van der Waals surface area contributed by atoms with E-state index in [1.807, 2.05) is 18.2 Å². The standard InChI is InChI=1S/C12H16N2O2/c13-10(7-12(14)15)8-3-4-11-9(6-8)2-1-5-16-11/h3-4,6,10H,1-2,5,7,13H2,(H2,14,15). The van der Waals surface area contributed by atoms with Crippen molar-refractivity contribution in [1.82, 2.24) is 0 Å². The molecule has 4 N–H and O–H groups in total. The van der Waals surface area contributed by atoms with Gasteiger partial charge in [-0.05, 0) is 30.0 Å². The summed E-state index contributed by atoms with van der Waals surface area (Å²) in [5.41, 5.74) is 13.1. The van der Waals surface area contributed by atoms with Crippen LogP contribution in [0.2, 0.25) is 0 Å². The number of rotatable bonds is 3. The number of nitrogens with two attached hydrogens (primary N) is 2. The van der Waals surface area contributed by atoms with Crippen LogP contribution in [-0.2, 0) is 11.2 Å². The van der Waals surface area contributed by atoms with E-state index in [4.69, 9.17) is 16.2 Å². The molecule has 4 heteroatoms. The Morgan fingerprint density at radius 2 is 2.31 bits per heavy atom. The molecule has 86 valence electrons. The molecule has 1 aromatic carbocycles. The number of aryl methyl sites for hydroxylation is 1. The van der Waals surface area contributed by atoms with Gasteiger partial charge in [0.1, 0.15) is 5.75 Å². The van der Waals surface area contributed by atoms with Crippen molar-refractivity contribution in [3.63, 3.8) is 0 Å². The third kappa shape index (κ3) is 2.33. The fraction of sp³-hybridized carbons (Fsp3) is 0.417. The average molecular weight is 220 g/mol. The van der Waals surface area contributed by atoms with Crippen LogP contribution in [0.3, 0.4) is 0 Å². The lowest BCUT2D eigenvalue weighted by molar-refractivity contribution is -0.118. The monoisotopic (exact) mass is 220 g/mol. The first-order chi connectivity index (χ1) is 7.66. The molecule has 0 fully saturated rings. The van der Waals surface area contributed by atoms with E-state index in [2.05, 4.69) is 0 Å². The molecule has 4 nitrogen and oxygen atoms in total. The summed E-state index contributed by atoms with van der Waals surface area (Å²) in [5.74, 6) is 0.558. The Labute approximate surface area is 94.6 Å². The quantitative estimate of drug-likeness (QED) is 0.794. The fourth-order valence-electron chi connectivity index (χ4n) is 1.95. The highest BCUT2D eigenvalue weighted by molar-refractivity contribution is 5.74. The Kier molecular flexibility index (Phi) is 3.10. The first-order valence-corrected chi connectivity index (χ1v) is 5.46. The van der Waals surface area contributed by atoms with Gasteiger partial charge in [-0.2, -0.15) is 0 Å². The molecule has 1 aromatic rings. The van der Waals surface area contributed by atoms with Crippen molar-refractivity contribution in [3.05, 3.63) is 29.3 Å². The number of hydrogen-bond acceptors (Lipinski definition) is 3. The van der Waals surface area contributed by atoms with Gasteiger partial charge >= 0.3 is 0 Å². The Bertz CT molecular complexity index is 404. The number of hydrogen-bond donors (Lipinski definition) is 2. The maximum atomic E-state index is 10.8. The summed E-state index contributed by atoms with van der Waals surface area (Å²) >= 11 is 0. The SMILES string of the molecule is NC(=O)CC(N)c1ccc2c(c1)CCCO2. The minimum absolute atomic E-state index is 0.180. The van der Waals surface area contributed by atoms with Gasteiger partial charge in [0.25, 0.3) is 0 Å². The highest BCUT2D eigenvalue weighted by Gasteiger charge is 2.14. The molecule has 0 bridgehead atoms. The molecule has 0 radical (unpaired) electrons. The van der Waals surface area contributed by atoms with Gasteiger partial charge in [0.05, 0.1) is 6.61 Å². The second kappa shape index (κ2) is 4.53. The van der Waals surface area contributed by atoms with Crippen molar-refractivity contribution in [2.24, 2.45) is 11.5 Å². The summed E-state index contributed by atoms with van der Waals surface area (Å²) in [6.07, 6.45) is 2.22. The van der Waals surface area contributed by atoms with Crippen LogP contribution < -0.4 is 16.2 Å². The van der Waals surface area contributed by atoms with Gasteiger partial charge in [0.2, 0.25) is 5.91 Å². The highest BCUT2D eigenvalue weighted by Crippen LogP contribution is 2.27. The van der Waals surface area contributed by atoms with E-state index >= 15 is 0 Å². The number of benzene rings is 1. The molecular weight excluding hydrogens is 204 g/mol. The van der Waals surface area contributed by atoms with Crippen molar-refractivity contribution in [3.8, 4) is 5.75 Å². The normalized spacial score (nSPS) is 16.1. The van der Waals surface area contributed by atoms with Gasteiger partial charge in [-0.15, -0.1) is 0 Å². The van der Waals surface area contributed by atoms with Crippen LogP contribution in [0.4, 0.5) is 0 Å². The number of carbonyl (C=O) groups is 1. The highest BCUT2D eigenvalue weighted by atomic mass is 16.5. The molecule has 2 rings (SSSR count). The van der Waals surface area contributed by atoms with Crippen LogP contribution in [-0.4, -0.2) is 12.5 Å². The fourth-order valence-corrected chi connectivity index (χ4v) is 1.95. The Morgan fingerprint density at radius 3 is 3.06 bits per heavy atom. The lowest BCUT2D eigenvalue weighted by atomic mass is 9.98. The predicted molar refractivity (Wildman–Crippen MR) is 61.0 cm³/mol. The molecule has 1 aliphatic rings. The zero-order chi connectivity index (χ0) is 11.5.